The molecule has 1 aromatic rings. The number of hydrogen-bond donors (Lipinski definition) is 0. The van der Waals surface area contributed by atoms with Gasteiger partial charge in [-0.2, -0.15) is 0 Å². The highest BCUT2D eigenvalue weighted by molar-refractivity contribution is 5.83. The maximum absolute atomic E-state index is 11.7. The third-order valence-electron chi connectivity index (χ3n) is 6.94. The van der Waals surface area contributed by atoms with Gasteiger partial charge >= 0.3 is 5.97 Å². The van der Waals surface area contributed by atoms with E-state index in [0.717, 1.165) is 12.8 Å². The van der Waals surface area contributed by atoms with Crippen molar-refractivity contribution in [3.8, 4) is 5.75 Å². The van der Waals surface area contributed by atoms with Crippen molar-refractivity contribution in [1.82, 2.24) is 0 Å². The second kappa shape index (κ2) is 25.5. The molecule has 200 valence electrons. The fraction of sp³-hybridized carbons (Fsp3) is 0.727. The van der Waals surface area contributed by atoms with E-state index in [1.165, 1.54) is 135 Å². The molecule has 0 N–H and O–H groups in total. The summed E-state index contributed by atoms with van der Waals surface area (Å²) < 4.78 is 5.24. The summed E-state index contributed by atoms with van der Waals surface area (Å²) in [7, 11) is 0. The predicted octanol–water partition coefficient (Wildman–Crippen LogP) is 11.1. The van der Waals surface area contributed by atoms with Gasteiger partial charge in [0.1, 0.15) is 5.75 Å². The maximum Gasteiger partial charge on any atom is 0.335 e. The van der Waals surface area contributed by atoms with Gasteiger partial charge in [-0.1, -0.05) is 166 Å². The van der Waals surface area contributed by atoms with Crippen LogP contribution in [-0.4, -0.2) is 5.97 Å². The number of esters is 1. The first-order chi connectivity index (χ1) is 17.3. The highest BCUT2D eigenvalue weighted by Gasteiger charge is 1.99. The Kier molecular flexibility index (Phi) is 22.9. The Balaban J connectivity index is 1.71. The molecule has 1 rings (SSSR count). The zero-order valence-corrected chi connectivity index (χ0v) is 23.1. The largest absolute Gasteiger partial charge is 0.423 e. The zero-order valence-electron chi connectivity index (χ0n) is 23.1. The second-order valence-electron chi connectivity index (χ2n) is 10.3. The van der Waals surface area contributed by atoms with Crippen LogP contribution in [0.1, 0.15) is 155 Å². The van der Waals surface area contributed by atoms with Crippen molar-refractivity contribution in [1.29, 1.82) is 0 Å². The summed E-state index contributed by atoms with van der Waals surface area (Å²) in [6.45, 7) is 2.29. The average molecular weight is 485 g/mol. The number of carbonyl (C=O) groups is 1. The first kappa shape index (κ1) is 31.5. The first-order valence-corrected chi connectivity index (χ1v) is 15.3. The molecule has 0 saturated heterocycles. The summed E-state index contributed by atoms with van der Waals surface area (Å²) in [5.41, 5.74) is 0. The SMILES string of the molecule is CCCCCCCCCCCCCCCCCCCCCCCCC=CC(=O)Oc1ccccc1. The number of hydrogen-bond acceptors (Lipinski definition) is 2. The zero-order chi connectivity index (χ0) is 25.1. The molecule has 0 amide bonds. The van der Waals surface area contributed by atoms with Gasteiger partial charge < -0.3 is 4.74 Å². The Morgan fingerprint density at radius 1 is 0.571 bits per heavy atom. The second-order valence-corrected chi connectivity index (χ2v) is 10.3. The van der Waals surface area contributed by atoms with E-state index in [2.05, 4.69) is 6.92 Å². The van der Waals surface area contributed by atoms with E-state index in [4.69, 9.17) is 4.74 Å². The normalized spacial score (nSPS) is 11.3. The molecule has 0 aliphatic carbocycles. The summed E-state index contributed by atoms with van der Waals surface area (Å²) in [6, 6.07) is 9.24. The molecule has 2 nitrogen and oxygen atoms in total. The molecule has 0 spiro atoms. The van der Waals surface area contributed by atoms with Crippen LogP contribution in [0.4, 0.5) is 0 Å². The average Bonchev–Trinajstić information content (AvgIpc) is 2.87. The minimum absolute atomic E-state index is 0.282. The highest BCUT2D eigenvalue weighted by Crippen LogP contribution is 2.15. The first-order valence-electron chi connectivity index (χ1n) is 15.3. The topological polar surface area (TPSA) is 26.3 Å². The lowest BCUT2D eigenvalue weighted by Gasteiger charge is -2.04. The van der Waals surface area contributed by atoms with Crippen LogP contribution in [-0.2, 0) is 4.79 Å². The molecular formula is C33H56O2. The summed E-state index contributed by atoms with van der Waals surface area (Å²) in [4.78, 5) is 11.7. The van der Waals surface area contributed by atoms with Gasteiger partial charge in [-0.05, 0) is 25.0 Å². The van der Waals surface area contributed by atoms with E-state index in [9.17, 15) is 4.79 Å². The molecule has 2 heteroatoms. The summed E-state index contributed by atoms with van der Waals surface area (Å²) in [5, 5.41) is 0. The number of para-hydroxylation sites is 1. The van der Waals surface area contributed by atoms with Gasteiger partial charge in [-0.25, -0.2) is 4.79 Å². The molecule has 35 heavy (non-hydrogen) atoms. The third-order valence-corrected chi connectivity index (χ3v) is 6.94. The fourth-order valence-corrected chi connectivity index (χ4v) is 4.69. The lowest BCUT2D eigenvalue weighted by Crippen LogP contribution is -2.03. The Labute approximate surface area is 218 Å². The molecule has 0 fully saturated rings. The quantitative estimate of drug-likeness (QED) is 0.0597. The minimum Gasteiger partial charge on any atom is -0.423 e. The molecule has 0 aliphatic rings. The van der Waals surface area contributed by atoms with Gasteiger partial charge in [0.2, 0.25) is 0 Å². The van der Waals surface area contributed by atoms with Crippen LogP contribution in [0.3, 0.4) is 0 Å². The Morgan fingerprint density at radius 2 is 0.943 bits per heavy atom. The smallest absolute Gasteiger partial charge is 0.335 e. The molecule has 0 bridgehead atoms. The third kappa shape index (κ3) is 22.6. The van der Waals surface area contributed by atoms with E-state index in [-0.39, 0.29) is 5.97 Å². The number of allylic oxidation sites excluding steroid dienone is 1. The van der Waals surface area contributed by atoms with E-state index < -0.39 is 0 Å². The van der Waals surface area contributed by atoms with Crippen LogP contribution in [0.2, 0.25) is 0 Å². The van der Waals surface area contributed by atoms with Crippen molar-refractivity contribution in [2.75, 3.05) is 0 Å². The number of rotatable bonds is 25. The van der Waals surface area contributed by atoms with Gasteiger partial charge in [0.25, 0.3) is 0 Å². The van der Waals surface area contributed by atoms with Crippen molar-refractivity contribution in [2.24, 2.45) is 0 Å². The number of carbonyl (C=O) groups excluding carboxylic acids is 1. The van der Waals surface area contributed by atoms with Crippen molar-refractivity contribution in [3.63, 3.8) is 0 Å². The lowest BCUT2D eigenvalue weighted by molar-refractivity contribution is -0.129. The van der Waals surface area contributed by atoms with Gasteiger partial charge in [0.05, 0.1) is 0 Å². The number of benzene rings is 1. The fourth-order valence-electron chi connectivity index (χ4n) is 4.69. The van der Waals surface area contributed by atoms with Crippen molar-refractivity contribution >= 4 is 5.97 Å². The molecular weight excluding hydrogens is 428 g/mol. The van der Waals surface area contributed by atoms with E-state index in [1.54, 1.807) is 18.2 Å². The summed E-state index contributed by atoms with van der Waals surface area (Å²) in [6.07, 6.45) is 35.5. The lowest BCUT2D eigenvalue weighted by atomic mass is 10.0. The molecule has 0 radical (unpaired) electrons. The van der Waals surface area contributed by atoms with Crippen molar-refractivity contribution < 1.29 is 9.53 Å². The minimum atomic E-state index is -0.282. The molecule has 0 unspecified atom stereocenters. The Bertz CT molecular complexity index is 592. The molecule has 1 aromatic carbocycles. The van der Waals surface area contributed by atoms with Crippen LogP contribution in [0.25, 0.3) is 0 Å². The molecule has 0 saturated carbocycles. The molecule has 0 atom stereocenters. The van der Waals surface area contributed by atoms with Crippen LogP contribution in [0.15, 0.2) is 42.5 Å². The van der Waals surface area contributed by atoms with Crippen LogP contribution in [0, 0.1) is 0 Å². The van der Waals surface area contributed by atoms with Gasteiger partial charge in [-0.3, -0.25) is 0 Å². The van der Waals surface area contributed by atoms with Crippen LogP contribution in [0.5, 0.6) is 5.75 Å². The van der Waals surface area contributed by atoms with E-state index >= 15 is 0 Å². The predicted molar refractivity (Wildman–Crippen MR) is 153 cm³/mol. The molecule has 0 aromatic heterocycles. The van der Waals surface area contributed by atoms with E-state index in [0.29, 0.717) is 5.75 Å². The molecule has 0 aliphatic heterocycles. The number of ether oxygens (including phenoxy) is 1. The Morgan fingerprint density at radius 3 is 1.34 bits per heavy atom. The maximum atomic E-state index is 11.7. The standard InChI is InChI=1S/C33H56O2/c1-2-3-4-5-6-7-8-9-10-11-12-13-14-15-16-17-18-19-20-21-22-23-24-28-31-33(34)35-32-29-26-25-27-30-32/h25-31H,2-24H2,1H3. The monoisotopic (exact) mass is 484 g/mol. The molecule has 0 heterocycles. The summed E-state index contributed by atoms with van der Waals surface area (Å²) >= 11 is 0. The summed E-state index contributed by atoms with van der Waals surface area (Å²) in [5.74, 6) is 0.321. The highest BCUT2D eigenvalue weighted by atomic mass is 16.5. The van der Waals surface area contributed by atoms with Gasteiger partial charge in [-0.15, -0.1) is 0 Å². The van der Waals surface area contributed by atoms with Crippen molar-refractivity contribution in [2.45, 2.75) is 155 Å². The van der Waals surface area contributed by atoms with Crippen LogP contribution < -0.4 is 4.74 Å². The van der Waals surface area contributed by atoms with Crippen molar-refractivity contribution in [3.05, 3.63) is 42.5 Å². The van der Waals surface area contributed by atoms with Gasteiger partial charge in [0.15, 0.2) is 0 Å². The Hall–Kier alpha value is -1.57. The van der Waals surface area contributed by atoms with Crippen LogP contribution >= 0.6 is 0 Å². The number of unbranched alkanes of at least 4 members (excludes halogenated alkanes) is 22. The van der Waals surface area contributed by atoms with E-state index in [1.807, 2.05) is 24.3 Å². The van der Waals surface area contributed by atoms with Gasteiger partial charge in [0, 0.05) is 6.08 Å².